The van der Waals surface area contributed by atoms with Crippen LogP contribution >= 0.6 is 11.6 Å². The van der Waals surface area contributed by atoms with Gasteiger partial charge in [-0.1, -0.05) is 23.7 Å². The van der Waals surface area contributed by atoms with Crippen molar-refractivity contribution in [1.82, 2.24) is 14.3 Å². The standard InChI is InChI=1S/C24H21ClN4O4S/c25-22-21(6-3-13-26-22)34(31,32)29-14-11-16(12-15-29)23(30)27-18-9-7-17(8-10-18)24-28-19-4-1-2-5-20(19)33-24/h1-10,13,16H,11-12,14-15H2,(H,27,30). The van der Waals surface area contributed by atoms with E-state index < -0.39 is 10.0 Å². The summed E-state index contributed by atoms with van der Waals surface area (Å²) in [5.41, 5.74) is 2.96. The molecule has 1 amide bonds. The molecule has 1 aliphatic rings. The molecule has 0 atom stereocenters. The van der Waals surface area contributed by atoms with Crippen LogP contribution in [0.5, 0.6) is 0 Å². The van der Waals surface area contributed by atoms with Crippen LogP contribution in [-0.4, -0.2) is 41.7 Å². The predicted molar refractivity (Wildman–Crippen MR) is 129 cm³/mol. The molecule has 1 saturated heterocycles. The highest BCUT2D eigenvalue weighted by Crippen LogP contribution is 2.28. The van der Waals surface area contributed by atoms with Gasteiger partial charge in [-0.3, -0.25) is 4.79 Å². The van der Waals surface area contributed by atoms with E-state index >= 15 is 0 Å². The number of para-hydroxylation sites is 2. The average molecular weight is 497 g/mol. The van der Waals surface area contributed by atoms with E-state index in [0.29, 0.717) is 30.0 Å². The molecule has 1 aliphatic heterocycles. The third kappa shape index (κ3) is 4.42. The molecule has 1 fully saturated rings. The van der Waals surface area contributed by atoms with E-state index in [2.05, 4.69) is 15.3 Å². The fourth-order valence-electron chi connectivity index (χ4n) is 4.00. The number of benzene rings is 2. The lowest BCUT2D eigenvalue weighted by Gasteiger charge is -2.30. The zero-order valence-electron chi connectivity index (χ0n) is 18.0. The Balaban J connectivity index is 1.20. The Bertz CT molecular complexity index is 1410. The van der Waals surface area contributed by atoms with Gasteiger partial charge in [0.1, 0.15) is 15.6 Å². The summed E-state index contributed by atoms with van der Waals surface area (Å²) in [5, 5.41) is 2.87. The lowest BCUT2D eigenvalue weighted by atomic mass is 9.97. The van der Waals surface area contributed by atoms with Crippen LogP contribution in [-0.2, 0) is 14.8 Å². The number of nitrogens with zero attached hydrogens (tertiary/aromatic N) is 3. The van der Waals surface area contributed by atoms with Crippen LogP contribution in [0.15, 0.2) is 76.2 Å². The van der Waals surface area contributed by atoms with Gasteiger partial charge in [-0.05, 0) is 61.4 Å². The number of amides is 1. The number of carbonyl (C=O) groups excluding carboxylic acids is 1. The number of aromatic nitrogens is 2. The Kier molecular flexibility index (Phi) is 6.07. The van der Waals surface area contributed by atoms with Crippen LogP contribution in [0.4, 0.5) is 5.69 Å². The molecule has 2 aromatic heterocycles. The zero-order valence-corrected chi connectivity index (χ0v) is 19.6. The Morgan fingerprint density at radius 2 is 1.76 bits per heavy atom. The van der Waals surface area contributed by atoms with E-state index in [-0.39, 0.29) is 35.0 Å². The summed E-state index contributed by atoms with van der Waals surface area (Å²) in [6.45, 7) is 0.477. The molecular formula is C24H21ClN4O4S. The van der Waals surface area contributed by atoms with Crippen molar-refractivity contribution in [3.63, 3.8) is 0 Å². The number of fused-ring (bicyclic) bond motifs is 1. The minimum atomic E-state index is -3.75. The summed E-state index contributed by atoms with van der Waals surface area (Å²) in [6, 6.07) is 17.8. The average Bonchev–Trinajstić information content (AvgIpc) is 3.29. The first-order valence-corrected chi connectivity index (χ1v) is 12.6. The number of nitrogens with one attached hydrogen (secondary N) is 1. The van der Waals surface area contributed by atoms with Crippen molar-refractivity contribution in [1.29, 1.82) is 0 Å². The van der Waals surface area contributed by atoms with Crippen molar-refractivity contribution < 1.29 is 17.6 Å². The van der Waals surface area contributed by atoms with Crippen molar-refractivity contribution in [2.45, 2.75) is 17.7 Å². The largest absolute Gasteiger partial charge is 0.436 e. The number of rotatable bonds is 5. The third-order valence-electron chi connectivity index (χ3n) is 5.86. The van der Waals surface area contributed by atoms with Crippen LogP contribution in [0.25, 0.3) is 22.6 Å². The molecule has 174 valence electrons. The van der Waals surface area contributed by atoms with Gasteiger partial charge in [0.2, 0.25) is 21.8 Å². The molecule has 34 heavy (non-hydrogen) atoms. The number of pyridine rings is 1. The van der Waals surface area contributed by atoms with Crippen LogP contribution in [0.3, 0.4) is 0 Å². The monoisotopic (exact) mass is 496 g/mol. The molecule has 8 nitrogen and oxygen atoms in total. The maximum absolute atomic E-state index is 12.9. The number of sulfonamides is 1. The summed E-state index contributed by atoms with van der Waals surface area (Å²) in [4.78, 5) is 21.1. The minimum absolute atomic E-state index is 0.0152. The highest BCUT2D eigenvalue weighted by atomic mass is 35.5. The predicted octanol–water partition coefficient (Wildman–Crippen LogP) is 4.58. The quantitative estimate of drug-likeness (QED) is 0.405. The number of halogens is 1. The second-order valence-corrected chi connectivity index (χ2v) is 10.3. The maximum atomic E-state index is 12.9. The van der Waals surface area contributed by atoms with E-state index in [1.807, 2.05) is 36.4 Å². The van der Waals surface area contributed by atoms with E-state index in [0.717, 1.165) is 11.1 Å². The van der Waals surface area contributed by atoms with Crippen molar-refractivity contribution in [2.24, 2.45) is 5.92 Å². The topological polar surface area (TPSA) is 105 Å². The van der Waals surface area contributed by atoms with Gasteiger partial charge in [0.15, 0.2) is 5.58 Å². The number of hydrogen-bond donors (Lipinski definition) is 1. The van der Waals surface area contributed by atoms with E-state index in [9.17, 15) is 13.2 Å². The maximum Gasteiger partial charge on any atom is 0.246 e. The molecule has 1 N–H and O–H groups in total. The van der Waals surface area contributed by atoms with E-state index in [1.165, 1.54) is 22.6 Å². The Morgan fingerprint density at radius 3 is 2.47 bits per heavy atom. The summed E-state index contributed by atoms with van der Waals surface area (Å²) in [5.74, 6) is 0.0972. The molecule has 0 saturated carbocycles. The van der Waals surface area contributed by atoms with Gasteiger partial charge >= 0.3 is 0 Å². The summed E-state index contributed by atoms with van der Waals surface area (Å²) in [6.07, 6.45) is 2.28. The molecule has 2 aromatic carbocycles. The van der Waals surface area contributed by atoms with Gasteiger partial charge in [-0.2, -0.15) is 4.31 Å². The number of oxazole rings is 1. The summed E-state index contributed by atoms with van der Waals surface area (Å²) >= 11 is 5.98. The first kappa shape index (κ1) is 22.5. The first-order chi connectivity index (χ1) is 16.4. The van der Waals surface area contributed by atoms with Crippen molar-refractivity contribution in [3.05, 3.63) is 72.0 Å². The smallest absolute Gasteiger partial charge is 0.246 e. The first-order valence-electron chi connectivity index (χ1n) is 10.8. The number of piperidine rings is 1. The fourth-order valence-corrected chi connectivity index (χ4v) is 5.89. The molecule has 0 spiro atoms. The second-order valence-electron chi connectivity index (χ2n) is 8.02. The molecule has 0 unspecified atom stereocenters. The van der Waals surface area contributed by atoms with Crippen LogP contribution in [0, 0.1) is 5.92 Å². The molecule has 0 aliphatic carbocycles. The van der Waals surface area contributed by atoms with Gasteiger partial charge < -0.3 is 9.73 Å². The lowest BCUT2D eigenvalue weighted by molar-refractivity contribution is -0.120. The summed E-state index contributed by atoms with van der Waals surface area (Å²) < 4.78 is 32.9. The molecule has 4 aromatic rings. The highest BCUT2D eigenvalue weighted by molar-refractivity contribution is 7.89. The van der Waals surface area contributed by atoms with Crippen LogP contribution < -0.4 is 5.32 Å². The number of hydrogen-bond acceptors (Lipinski definition) is 6. The Morgan fingerprint density at radius 1 is 1.03 bits per heavy atom. The minimum Gasteiger partial charge on any atom is -0.436 e. The van der Waals surface area contributed by atoms with E-state index in [4.69, 9.17) is 16.0 Å². The van der Waals surface area contributed by atoms with Gasteiger partial charge in [-0.25, -0.2) is 18.4 Å². The Hall–Kier alpha value is -3.27. The Labute approximate surface area is 201 Å². The SMILES string of the molecule is O=C(Nc1ccc(-c2nc3ccccc3o2)cc1)C1CCN(S(=O)(=O)c2cccnc2Cl)CC1. The zero-order chi connectivity index (χ0) is 23.7. The molecule has 3 heterocycles. The molecule has 0 radical (unpaired) electrons. The normalized spacial score (nSPS) is 15.4. The van der Waals surface area contributed by atoms with Crippen molar-refractivity contribution >= 4 is 44.3 Å². The fraction of sp³-hybridized carbons (Fsp3) is 0.208. The van der Waals surface area contributed by atoms with Crippen molar-refractivity contribution in [2.75, 3.05) is 18.4 Å². The third-order valence-corrected chi connectivity index (χ3v) is 8.20. The van der Waals surface area contributed by atoms with E-state index in [1.54, 1.807) is 12.1 Å². The van der Waals surface area contributed by atoms with Gasteiger partial charge in [0.25, 0.3) is 0 Å². The molecule has 0 bridgehead atoms. The lowest BCUT2D eigenvalue weighted by Crippen LogP contribution is -2.41. The van der Waals surface area contributed by atoms with Crippen LogP contribution in [0.1, 0.15) is 12.8 Å². The van der Waals surface area contributed by atoms with Gasteiger partial charge in [0, 0.05) is 36.5 Å². The molecule has 5 rings (SSSR count). The van der Waals surface area contributed by atoms with Gasteiger partial charge in [0.05, 0.1) is 0 Å². The molecule has 10 heteroatoms. The number of carbonyl (C=O) groups is 1. The van der Waals surface area contributed by atoms with Gasteiger partial charge in [-0.15, -0.1) is 0 Å². The number of anilines is 1. The summed E-state index contributed by atoms with van der Waals surface area (Å²) in [7, 11) is -3.75. The van der Waals surface area contributed by atoms with Crippen LogP contribution in [0.2, 0.25) is 5.15 Å². The molecular weight excluding hydrogens is 476 g/mol. The highest BCUT2D eigenvalue weighted by Gasteiger charge is 2.33. The second kappa shape index (κ2) is 9.17. The van der Waals surface area contributed by atoms with Crippen molar-refractivity contribution in [3.8, 4) is 11.5 Å².